The van der Waals surface area contributed by atoms with Crippen LogP contribution in [0.15, 0.2) is 73.2 Å². The Kier molecular flexibility index (Phi) is 6.26. The van der Waals surface area contributed by atoms with E-state index >= 15 is 0 Å². The van der Waals surface area contributed by atoms with Crippen LogP contribution in [0.5, 0.6) is 0 Å². The minimum absolute atomic E-state index is 0.0900. The Labute approximate surface area is 185 Å². The summed E-state index contributed by atoms with van der Waals surface area (Å²) >= 11 is 0. The van der Waals surface area contributed by atoms with Crippen molar-refractivity contribution in [2.75, 3.05) is 0 Å². The van der Waals surface area contributed by atoms with E-state index in [2.05, 4.69) is 16.9 Å². The molecule has 0 aliphatic heterocycles. The summed E-state index contributed by atoms with van der Waals surface area (Å²) in [7, 11) is 0. The van der Waals surface area contributed by atoms with Gasteiger partial charge in [0, 0.05) is 42.6 Å². The maximum absolute atomic E-state index is 13.3. The van der Waals surface area contributed by atoms with Crippen molar-refractivity contribution >= 4 is 5.91 Å². The fourth-order valence-corrected chi connectivity index (χ4v) is 3.50. The van der Waals surface area contributed by atoms with Crippen LogP contribution in [0, 0.1) is 5.82 Å². The van der Waals surface area contributed by atoms with E-state index in [1.165, 1.54) is 12.1 Å². The van der Waals surface area contributed by atoms with Crippen LogP contribution in [0.4, 0.5) is 4.39 Å². The first kappa shape index (κ1) is 21.2. The molecule has 0 aliphatic rings. The summed E-state index contributed by atoms with van der Waals surface area (Å²) in [6, 6.07) is 15.4. The second kappa shape index (κ2) is 9.43. The first-order chi connectivity index (χ1) is 15.5. The van der Waals surface area contributed by atoms with Gasteiger partial charge >= 0.3 is 0 Å². The summed E-state index contributed by atoms with van der Waals surface area (Å²) in [6.07, 6.45) is 6.04. The topological polar surface area (TPSA) is 94.6 Å². The van der Waals surface area contributed by atoms with Crippen LogP contribution >= 0.6 is 0 Å². The third kappa shape index (κ3) is 5.18. The molecule has 6 nitrogen and oxygen atoms in total. The van der Waals surface area contributed by atoms with Crippen LogP contribution in [-0.2, 0) is 12.8 Å². The van der Waals surface area contributed by atoms with Gasteiger partial charge in [0.15, 0.2) is 0 Å². The normalized spacial score (nSPS) is 11.8. The first-order valence-electron chi connectivity index (χ1n) is 10.3. The van der Waals surface area contributed by atoms with Gasteiger partial charge in [0.25, 0.3) is 0 Å². The molecule has 4 rings (SSSR count). The smallest absolute Gasteiger partial charge is 0.248 e. The molecule has 160 valence electrons. The Morgan fingerprint density at radius 1 is 1.03 bits per heavy atom. The highest BCUT2D eigenvalue weighted by molar-refractivity contribution is 5.94. The molecule has 0 saturated heterocycles. The molecular weight excluding hydrogens is 405 g/mol. The highest BCUT2D eigenvalue weighted by Gasteiger charge is 2.14. The molecule has 1 amide bonds. The number of halogens is 1. The lowest BCUT2D eigenvalue weighted by molar-refractivity contribution is 0.100. The predicted molar refractivity (Wildman–Crippen MR) is 119 cm³/mol. The fourth-order valence-electron chi connectivity index (χ4n) is 3.50. The molecule has 0 fully saturated rings. The van der Waals surface area contributed by atoms with Gasteiger partial charge < -0.3 is 5.73 Å². The Balaban J connectivity index is 1.70. The standard InChI is InChI=1S/C25H22FN5O/c1-16(17-5-7-20(26)8-6-17)11-24-30-21(13-22-15-28-9-10-29-22)14-23(31-24)18-3-2-4-19(12-18)25(27)32/h2-10,12,14-16H,11,13H2,1H3,(H2,27,32)/t16-/m1/s1. The highest BCUT2D eigenvalue weighted by atomic mass is 19.1. The average Bonchev–Trinajstić information content (AvgIpc) is 2.80. The lowest BCUT2D eigenvalue weighted by atomic mass is 9.97. The quantitative estimate of drug-likeness (QED) is 0.479. The number of benzene rings is 2. The van der Waals surface area contributed by atoms with Gasteiger partial charge in [-0.2, -0.15) is 0 Å². The molecule has 2 aromatic carbocycles. The van der Waals surface area contributed by atoms with Crippen LogP contribution in [0.3, 0.4) is 0 Å². The van der Waals surface area contributed by atoms with E-state index in [4.69, 9.17) is 15.7 Å². The van der Waals surface area contributed by atoms with Crippen molar-refractivity contribution in [3.8, 4) is 11.3 Å². The molecule has 0 unspecified atom stereocenters. The number of rotatable bonds is 7. The summed E-state index contributed by atoms with van der Waals surface area (Å²) in [5.74, 6) is -0.0134. The van der Waals surface area contributed by atoms with Crippen molar-refractivity contribution in [1.82, 2.24) is 19.9 Å². The summed E-state index contributed by atoms with van der Waals surface area (Å²) < 4.78 is 13.3. The maximum atomic E-state index is 13.3. The van der Waals surface area contributed by atoms with Gasteiger partial charge in [-0.05, 0) is 41.8 Å². The molecule has 32 heavy (non-hydrogen) atoms. The van der Waals surface area contributed by atoms with E-state index in [-0.39, 0.29) is 11.7 Å². The lowest BCUT2D eigenvalue weighted by Crippen LogP contribution is -2.11. The summed E-state index contributed by atoms with van der Waals surface area (Å²) in [6.45, 7) is 2.05. The lowest BCUT2D eigenvalue weighted by Gasteiger charge is -2.13. The van der Waals surface area contributed by atoms with E-state index in [1.54, 1.807) is 48.9 Å². The second-order valence-corrected chi connectivity index (χ2v) is 7.64. The van der Waals surface area contributed by atoms with Crippen LogP contribution < -0.4 is 5.73 Å². The van der Waals surface area contributed by atoms with E-state index in [1.807, 2.05) is 12.1 Å². The Hall–Kier alpha value is -4.00. The number of nitrogens with two attached hydrogens (primary N) is 1. The van der Waals surface area contributed by atoms with Gasteiger partial charge in [0.05, 0.1) is 17.1 Å². The van der Waals surface area contributed by atoms with Crippen LogP contribution in [-0.4, -0.2) is 25.8 Å². The predicted octanol–water partition coefficient (Wildman–Crippen LogP) is 4.11. The summed E-state index contributed by atoms with van der Waals surface area (Å²) in [4.78, 5) is 29.6. The maximum Gasteiger partial charge on any atom is 0.248 e. The third-order valence-corrected chi connectivity index (χ3v) is 5.18. The summed E-state index contributed by atoms with van der Waals surface area (Å²) in [5.41, 5.74) is 9.93. The number of nitrogens with zero attached hydrogens (tertiary/aromatic N) is 4. The Morgan fingerprint density at radius 2 is 1.84 bits per heavy atom. The molecule has 0 spiro atoms. The zero-order valence-electron chi connectivity index (χ0n) is 17.6. The van der Waals surface area contributed by atoms with Crippen LogP contribution in [0.2, 0.25) is 0 Å². The second-order valence-electron chi connectivity index (χ2n) is 7.64. The molecule has 2 heterocycles. The molecule has 7 heteroatoms. The number of primary amides is 1. The number of amides is 1. The van der Waals surface area contributed by atoms with Gasteiger partial charge in [0.1, 0.15) is 11.6 Å². The highest BCUT2D eigenvalue weighted by Crippen LogP contribution is 2.24. The number of hydrogen-bond acceptors (Lipinski definition) is 5. The van der Waals surface area contributed by atoms with Crippen molar-refractivity contribution in [3.05, 3.63) is 107 Å². The van der Waals surface area contributed by atoms with E-state index in [0.29, 0.717) is 29.9 Å². The summed E-state index contributed by atoms with van der Waals surface area (Å²) in [5, 5.41) is 0. The monoisotopic (exact) mass is 427 g/mol. The van der Waals surface area contributed by atoms with Crippen molar-refractivity contribution < 1.29 is 9.18 Å². The largest absolute Gasteiger partial charge is 0.366 e. The molecule has 2 N–H and O–H groups in total. The van der Waals surface area contributed by atoms with E-state index < -0.39 is 5.91 Å². The van der Waals surface area contributed by atoms with E-state index in [9.17, 15) is 9.18 Å². The van der Waals surface area contributed by atoms with Crippen molar-refractivity contribution in [2.24, 2.45) is 5.73 Å². The van der Waals surface area contributed by atoms with Gasteiger partial charge in [-0.1, -0.05) is 31.2 Å². The van der Waals surface area contributed by atoms with Gasteiger partial charge in [-0.25, -0.2) is 14.4 Å². The van der Waals surface area contributed by atoms with E-state index in [0.717, 1.165) is 22.5 Å². The van der Waals surface area contributed by atoms with Crippen molar-refractivity contribution in [3.63, 3.8) is 0 Å². The zero-order chi connectivity index (χ0) is 22.5. The Bertz CT molecular complexity index is 1230. The van der Waals surface area contributed by atoms with Gasteiger partial charge in [0.2, 0.25) is 5.91 Å². The molecule has 0 bridgehead atoms. The minimum Gasteiger partial charge on any atom is -0.366 e. The van der Waals surface area contributed by atoms with Crippen LogP contribution in [0.25, 0.3) is 11.3 Å². The number of carbonyl (C=O) groups is 1. The van der Waals surface area contributed by atoms with Gasteiger partial charge in [-0.3, -0.25) is 14.8 Å². The average molecular weight is 427 g/mol. The first-order valence-corrected chi connectivity index (χ1v) is 10.3. The molecular formula is C25H22FN5O. The minimum atomic E-state index is -0.495. The molecule has 1 atom stereocenters. The number of carbonyl (C=O) groups excluding carboxylic acids is 1. The Morgan fingerprint density at radius 3 is 2.56 bits per heavy atom. The van der Waals surface area contributed by atoms with Crippen molar-refractivity contribution in [1.29, 1.82) is 0 Å². The zero-order valence-corrected chi connectivity index (χ0v) is 17.6. The third-order valence-electron chi connectivity index (χ3n) is 5.18. The molecule has 0 saturated carbocycles. The molecule has 0 aliphatic carbocycles. The number of hydrogen-bond donors (Lipinski definition) is 1. The van der Waals surface area contributed by atoms with Crippen LogP contribution in [0.1, 0.15) is 46.0 Å². The molecule has 4 aromatic rings. The molecule has 0 radical (unpaired) electrons. The molecule has 2 aromatic heterocycles. The fraction of sp³-hybridized carbons (Fsp3) is 0.160. The van der Waals surface area contributed by atoms with Crippen molar-refractivity contribution in [2.45, 2.75) is 25.7 Å². The van der Waals surface area contributed by atoms with Gasteiger partial charge in [-0.15, -0.1) is 0 Å². The number of aromatic nitrogens is 4. The SMILES string of the molecule is C[C@H](Cc1nc(Cc2cnccn2)cc(-c2cccc(C(N)=O)c2)n1)c1ccc(F)cc1.